The summed E-state index contributed by atoms with van der Waals surface area (Å²) in [5, 5.41) is 8.79. The Morgan fingerprint density at radius 1 is 1.53 bits per heavy atom. The summed E-state index contributed by atoms with van der Waals surface area (Å²) in [5.41, 5.74) is 1.20. The van der Waals surface area contributed by atoms with Crippen LogP contribution in [0.3, 0.4) is 0 Å². The van der Waals surface area contributed by atoms with E-state index in [2.05, 4.69) is 6.92 Å². The van der Waals surface area contributed by atoms with Crippen LogP contribution in [0, 0.1) is 0 Å². The zero-order valence-corrected chi connectivity index (χ0v) is 9.06. The minimum absolute atomic E-state index is 0.207. The Kier molecular flexibility index (Phi) is 4.31. The fourth-order valence-corrected chi connectivity index (χ4v) is 1.15. The molecule has 0 aliphatic heterocycles. The molecule has 0 aliphatic carbocycles. The molecule has 0 saturated heterocycles. The second kappa shape index (κ2) is 5.51. The van der Waals surface area contributed by atoms with Crippen molar-refractivity contribution in [2.24, 2.45) is 0 Å². The predicted molar refractivity (Wildman–Crippen MR) is 57.9 cm³/mol. The van der Waals surface area contributed by atoms with Crippen LogP contribution >= 0.6 is 0 Å². The van der Waals surface area contributed by atoms with Gasteiger partial charge in [-0.25, -0.2) is 4.79 Å². The van der Waals surface area contributed by atoms with Crippen molar-refractivity contribution in [2.45, 2.75) is 33.0 Å². The summed E-state index contributed by atoms with van der Waals surface area (Å²) < 4.78 is 5.52. The van der Waals surface area contributed by atoms with Crippen molar-refractivity contribution in [3.05, 3.63) is 35.4 Å². The number of carbonyl (C=O) groups is 1. The van der Waals surface area contributed by atoms with Crippen LogP contribution in [0.2, 0.25) is 0 Å². The first-order valence-electron chi connectivity index (χ1n) is 5.07. The maximum Gasteiger partial charge on any atom is 0.335 e. The SMILES string of the molecule is CCC(C)OCc1cccc(C(=O)O)c1. The van der Waals surface area contributed by atoms with Crippen LogP contribution in [0.5, 0.6) is 0 Å². The molecule has 0 heterocycles. The van der Waals surface area contributed by atoms with E-state index in [1.807, 2.05) is 13.0 Å². The normalized spacial score (nSPS) is 12.4. The summed E-state index contributed by atoms with van der Waals surface area (Å²) in [5.74, 6) is -0.902. The summed E-state index contributed by atoms with van der Waals surface area (Å²) in [6.07, 6.45) is 1.16. The van der Waals surface area contributed by atoms with Gasteiger partial charge in [-0.2, -0.15) is 0 Å². The fourth-order valence-electron chi connectivity index (χ4n) is 1.15. The molecule has 1 atom stereocenters. The van der Waals surface area contributed by atoms with Crippen molar-refractivity contribution >= 4 is 5.97 Å². The van der Waals surface area contributed by atoms with Crippen molar-refractivity contribution in [1.29, 1.82) is 0 Å². The van der Waals surface area contributed by atoms with E-state index >= 15 is 0 Å². The Bertz CT molecular complexity index is 333. The first-order valence-corrected chi connectivity index (χ1v) is 5.07. The first kappa shape index (κ1) is 11.7. The lowest BCUT2D eigenvalue weighted by Gasteiger charge is -2.10. The quantitative estimate of drug-likeness (QED) is 0.809. The minimum atomic E-state index is -0.902. The van der Waals surface area contributed by atoms with E-state index in [0.29, 0.717) is 12.2 Å². The molecule has 0 amide bonds. The second-order valence-corrected chi connectivity index (χ2v) is 3.54. The largest absolute Gasteiger partial charge is 0.478 e. The number of carboxylic acids is 1. The molecule has 1 rings (SSSR count). The van der Waals surface area contributed by atoms with Crippen LogP contribution in [-0.4, -0.2) is 17.2 Å². The van der Waals surface area contributed by atoms with E-state index in [9.17, 15) is 4.79 Å². The topological polar surface area (TPSA) is 46.5 Å². The Morgan fingerprint density at radius 2 is 2.27 bits per heavy atom. The average Bonchev–Trinajstić information content (AvgIpc) is 2.26. The Balaban J connectivity index is 2.62. The van der Waals surface area contributed by atoms with Crippen LogP contribution in [-0.2, 0) is 11.3 Å². The smallest absolute Gasteiger partial charge is 0.335 e. The van der Waals surface area contributed by atoms with Gasteiger partial charge in [0.15, 0.2) is 0 Å². The van der Waals surface area contributed by atoms with Gasteiger partial charge in [0.05, 0.1) is 18.3 Å². The number of rotatable bonds is 5. The number of carboxylic acid groups (broad SMARTS) is 1. The maximum absolute atomic E-state index is 10.7. The number of hydrogen-bond donors (Lipinski definition) is 1. The molecular formula is C12H16O3. The molecule has 0 radical (unpaired) electrons. The highest BCUT2D eigenvalue weighted by Gasteiger charge is 2.04. The Hall–Kier alpha value is -1.35. The summed E-state index contributed by atoms with van der Waals surface area (Å²) in [6, 6.07) is 6.83. The Morgan fingerprint density at radius 3 is 2.87 bits per heavy atom. The zero-order chi connectivity index (χ0) is 11.3. The number of aromatic carboxylic acids is 1. The Labute approximate surface area is 89.7 Å². The van der Waals surface area contributed by atoms with E-state index in [0.717, 1.165) is 12.0 Å². The third-order valence-corrected chi connectivity index (χ3v) is 2.28. The highest BCUT2D eigenvalue weighted by Crippen LogP contribution is 2.08. The molecule has 0 fully saturated rings. The molecular weight excluding hydrogens is 192 g/mol. The van der Waals surface area contributed by atoms with Crippen LogP contribution < -0.4 is 0 Å². The van der Waals surface area contributed by atoms with E-state index in [1.54, 1.807) is 18.2 Å². The van der Waals surface area contributed by atoms with Gasteiger partial charge < -0.3 is 9.84 Å². The zero-order valence-electron chi connectivity index (χ0n) is 9.06. The summed E-state index contributed by atoms with van der Waals surface area (Å²) >= 11 is 0. The first-order chi connectivity index (χ1) is 7.13. The maximum atomic E-state index is 10.7. The molecule has 1 unspecified atom stereocenters. The lowest BCUT2D eigenvalue weighted by molar-refractivity contribution is 0.0507. The highest BCUT2D eigenvalue weighted by molar-refractivity contribution is 5.87. The third kappa shape index (κ3) is 3.72. The van der Waals surface area contributed by atoms with Crippen molar-refractivity contribution in [3.8, 4) is 0 Å². The molecule has 0 spiro atoms. The summed E-state index contributed by atoms with van der Waals surface area (Å²) in [6.45, 7) is 4.52. The molecule has 82 valence electrons. The molecule has 0 saturated carbocycles. The van der Waals surface area contributed by atoms with Gasteiger partial charge in [0.2, 0.25) is 0 Å². The molecule has 1 N–H and O–H groups in total. The predicted octanol–water partition coefficient (Wildman–Crippen LogP) is 2.70. The molecule has 1 aromatic rings. The second-order valence-electron chi connectivity index (χ2n) is 3.54. The van der Waals surface area contributed by atoms with Crippen LogP contribution in [0.4, 0.5) is 0 Å². The monoisotopic (exact) mass is 208 g/mol. The lowest BCUT2D eigenvalue weighted by Crippen LogP contribution is -2.06. The van der Waals surface area contributed by atoms with E-state index < -0.39 is 5.97 Å². The van der Waals surface area contributed by atoms with Crippen molar-refractivity contribution in [2.75, 3.05) is 0 Å². The van der Waals surface area contributed by atoms with Crippen LogP contribution in [0.1, 0.15) is 36.2 Å². The molecule has 15 heavy (non-hydrogen) atoms. The minimum Gasteiger partial charge on any atom is -0.478 e. The van der Waals surface area contributed by atoms with Gasteiger partial charge in [0.25, 0.3) is 0 Å². The third-order valence-electron chi connectivity index (χ3n) is 2.28. The fraction of sp³-hybridized carbons (Fsp3) is 0.417. The van der Waals surface area contributed by atoms with Gasteiger partial charge in [-0.15, -0.1) is 0 Å². The van der Waals surface area contributed by atoms with Crippen LogP contribution in [0.25, 0.3) is 0 Å². The van der Waals surface area contributed by atoms with Crippen LogP contribution in [0.15, 0.2) is 24.3 Å². The van der Waals surface area contributed by atoms with E-state index in [-0.39, 0.29) is 6.10 Å². The lowest BCUT2D eigenvalue weighted by atomic mass is 10.1. The van der Waals surface area contributed by atoms with Gasteiger partial charge >= 0.3 is 5.97 Å². The van der Waals surface area contributed by atoms with Crippen molar-refractivity contribution in [1.82, 2.24) is 0 Å². The van der Waals surface area contributed by atoms with Gasteiger partial charge in [-0.05, 0) is 31.0 Å². The molecule has 3 heteroatoms. The molecule has 3 nitrogen and oxygen atoms in total. The highest BCUT2D eigenvalue weighted by atomic mass is 16.5. The van der Waals surface area contributed by atoms with E-state index in [4.69, 9.17) is 9.84 Å². The number of ether oxygens (including phenoxy) is 1. The number of hydrogen-bond acceptors (Lipinski definition) is 2. The standard InChI is InChI=1S/C12H16O3/c1-3-9(2)15-8-10-5-4-6-11(7-10)12(13)14/h4-7,9H,3,8H2,1-2H3,(H,13,14). The van der Waals surface area contributed by atoms with Gasteiger partial charge in [-0.3, -0.25) is 0 Å². The van der Waals surface area contributed by atoms with E-state index in [1.165, 1.54) is 0 Å². The summed E-state index contributed by atoms with van der Waals surface area (Å²) in [7, 11) is 0. The van der Waals surface area contributed by atoms with Gasteiger partial charge in [0, 0.05) is 0 Å². The van der Waals surface area contributed by atoms with Crippen molar-refractivity contribution < 1.29 is 14.6 Å². The molecule has 0 bridgehead atoms. The average molecular weight is 208 g/mol. The molecule has 0 aliphatic rings. The number of benzene rings is 1. The molecule has 0 aromatic heterocycles. The van der Waals surface area contributed by atoms with Gasteiger partial charge in [0.1, 0.15) is 0 Å². The van der Waals surface area contributed by atoms with Crippen molar-refractivity contribution in [3.63, 3.8) is 0 Å². The van der Waals surface area contributed by atoms with Gasteiger partial charge in [-0.1, -0.05) is 19.1 Å². The summed E-state index contributed by atoms with van der Waals surface area (Å²) in [4.78, 5) is 10.7. The molecule has 1 aromatic carbocycles.